The van der Waals surface area contributed by atoms with Crippen molar-refractivity contribution >= 4 is 23.2 Å². The molecule has 0 aliphatic heterocycles. The van der Waals surface area contributed by atoms with E-state index in [4.69, 9.17) is 0 Å². The monoisotopic (exact) mass is 473 g/mol. The minimum absolute atomic E-state index is 0.0283. The third-order valence-electron chi connectivity index (χ3n) is 6.50. The number of hydrogen-bond donors (Lipinski definition) is 1. The topological polar surface area (TPSA) is 52.7 Å². The normalized spacial score (nSPS) is 14.7. The molecule has 1 saturated carbocycles. The van der Waals surface area contributed by atoms with Gasteiger partial charge in [-0.25, -0.2) is 4.39 Å². The Morgan fingerprint density at radius 3 is 2.17 bits per heavy atom. The molecule has 0 radical (unpaired) electrons. The van der Waals surface area contributed by atoms with Crippen LogP contribution < -0.4 is 15.1 Å². The van der Waals surface area contributed by atoms with Crippen LogP contribution in [0.2, 0.25) is 0 Å². The van der Waals surface area contributed by atoms with E-state index in [1.165, 1.54) is 23.5 Å². The largest absolute Gasteiger partial charge is 0.365 e. The van der Waals surface area contributed by atoms with Crippen LogP contribution in [0.25, 0.3) is 0 Å². The van der Waals surface area contributed by atoms with E-state index < -0.39 is 11.9 Å². The number of nitrogens with zero attached hydrogens (tertiary/aromatic N) is 2. The highest BCUT2D eigenvalue weighted by Gasteiger charge is 2.34. The van der Waals surface area contributed by atoms with Gasteiger partial charge in [-0.1, -0.05) is 73.9 Å². The van der Waals surface area contributed by atoms with Gasteiger partial charge in [0.2, 0.25) is 11.8 Å². The highest BCUT2D eigenvalue weighted by atomic mass is 19.1. The van der Waals surface area contributed by atoms with E-state index in [0.29, 0.717) is 11.3 Å². The number of hydrogen-bond acceptors (Lipinski definition) is 3. The first kappa shape index (κ1) is 24.5. The number of amides is 2. The van der Waals surface area contributed by atoms with Gasteiger partial charge in [0.15, 0.2) is 0 Å². The molecule has 35 heavy (non-hydrogen) atoms. The molecular formula is C29H32FN3O2. The Balaban J connectivity index is 1.70. The fourth-order valence-corrected chi connectivity index (χ4v) is 4.70. The van der Waals surface area contributed by atoms with Crippen LogP contribution in [0.5, 0.6) is 0 Å². The fraction of sp³-hybridized carbons (Fsp3) is 0.310. The number of para-hydroxylation sites is 1. The molecule has 0 spiro atoms. The molecule has 1 aliphatic carbocycles. The Morgan fingerprint density at radius 1 is 0.886 bits per heavy atom. The van der Waals surface area contributed by atoms with Gasteiger partial charge in [0.1, 0.15) is 11.9 Å². The molecule has 0 aromatic heterocycles. The van der Waals surface area contributed by atoms with E-state index in [1.807, 2.05) is 72.6 Å². The van der Waals surface area contributed by atoms with Gasteiger partial charge in [-0.2, -0.15) is 0 Å². The smallest absolute Gasteiger partial charge is 0.248 e. The van der Waals surface area contributed by atoms with Gasteiger partial charge in [-0.3, -0.25) is 14.5 Å². The Kier molecular flexibility index (Phi) is 8.14. The molecule has 3 aromatic carbocycles. The lowest BCUT2D eigenvalue weighted by Crippen LogP contribution is -2.49. The second-order valence-corrected chi connectivity index (χ2v) is 9.09. The van der Waals surface area contributed by atoms with Crippen LogP contribution in [-0.2, 0) is 9.59 Å². The van der Waals surface area contributed by atoms with Crippen molar-refractivity contribution in [2.75, 3.05) is 23.4 Å². The van der Waals surface area contributed by atoms with Gasteiger partial charge in [0.25, 0.3) is 0 Å². The average molecular weight is 474 g/mol. The molecule has 1 unspecified atom stereocenters. The number of halogens is 1. The fourth-order valence-electron chi connectivity index (χ4n) is 4.70. The zero-order chi connectivity index (χ0) is 24.6. The Bertz CT molecular complexity index is 1120. The molecule has 3 aromatic rings. The zero-order valence-corrected chi connectivity index (χ0v) is 20.1. The molecular weight excluding hydrogens is 441 g/mol. The summed E-state index contributed by atoms with van der Waals surface area (Å²) in [6, 6.07) is 23.9. The van der Waals surface area contributed by atoms with Gasteiger partial charge < -0.3 is 10.2 Å². The van der Waals surface area contributed by atoms with Crippen molar-refractivity contribution in [3.05, 3.63) is 96.3 Å². The van der Waals surface area contributed by atoms with Crippen molar-refractivity contribution in [3.63, 3.8) is 0 Å². The molecule has 1 atom stereocenters. The van der Waals surface area contributed by atoms with Gasteiger partial charge in [0, 0.05) is 24.5 Å². The highest BCUT2D eigenvalue weighted by molar-refractivity contribution is 6.03. The molecule has 1 aliphatic rings. The van der Waals surface area contributed by atoms with E-state index >= 15 is 0 Å². The number of rotatable bonds is 8. The molecule has 0 heterocycles. The quantitative estimate of drug-likeness (QED) is 0.471. The Hall–Kier alpha value is -3.67. The summed E-state index contributed by atoms with van der Waals surface area (Å²) in [4.78, 5) is 30.9. The van der Waals surface area contributed by atoms with Crippen molar-refractivity contribution in [2.24, 2.45) is 0 Å². The molecule has 6 heteroatoms. The molecule has 2 amide bonds. The van der Waals surface area contributed by atoms with Gasteiger partial charge >= 0.3 is 0 Å². The summed E-state index contributed by atoms with van der Waals surface area (Å²) in [6.45, 7) is 0.0283. The number of carbonyl (C=O) groups is 2. The Labute approximate surface area is 206 Å². The standard InChI is InChI=1S/C29H32FN3O2/c1-32(25-17-9-4-10-18-25)21-27(34)33(26-19-11-14-23(30)20-26)28(22-12-5-2-6-13-22)29(35)31-24-15-7-3-8-16-24/h2,4-6,9-14,17-20,24,28H,3,7-8,15-16,21H2,1H3,(H,31,35). The van der Waals surface area contributed by atoms with E-state index in [1.54, 1.807) is 12.1 Å². The SMILES string of the molecule is CN(CC(=O)N(c1cccc(F)c1)C(C(=O)NC1CCCCC1)c1ccccc1)c1ccccc1. The van der Waals surface area contributed by atoms with Crippen molar-refractivity contribution in [1.29, 1.82) is 0 Å². The summed E-state index contributed by atoms with van der Waals surface area (Å²) in [5.74, 6) is -1.01. The van der Waals surface area contributed by atoms with E-state index in [9.17, 15) is 14.0 Å². The van der Waals surface area contributed by atoms with Crippen LogP contribution >= 0.6 is 0 Å². The first-order valence-electron chi connectivity index (χ1n) is 12.2. The summed E-state index contributed by atoms with van der Waals surface area (Å²) >= 11 is 0. The van der Waals surface area contributed by atoms with Gasteiger partial charge in [-0.05, 0) is 48.7 Å². The molecule has 182 valence electrons. The third kappa shape index (κ3) is 6.27. The summed E-state index contributed by atoms with van der Waals surface area (Å²) in [7, 11) is 1.83. The molecule has 5 nitrogen and oxygen atoms in total. The van der Waals surface area contributed by atoms with Gasteiger partial charge in [0.05, 0.1) is 6.54 Å². The highest BCUT2D eigenvalue weighted by Crippen LogP contribution is 2.30. The molecule has 1 fully saturated rings. The van der Waals surface area contributed by atoms with Crippen molar-refractivity contribution in [1.82, 2.24) is 5.32 Å². The van der Waals surface area contributed by atoms with Crippen molar-refractivity contribution < 1.29 is 14.0 Å². The lowest BCUT2D eigenvalue weighted by atomic mass is 9.94. The van der Waals surface area contributed by atoms with Gasteiger partial charge in [-0.15, -0.1) is 0 Å². The van der Waals surface area contributed by atoms with Crippen LogP contribution in [-0.4, -0.2) is 31.4 Å². The minimum Gasteiger partial charge on any atom is -0.365 e. The summed E-state index contributed by atoms with van der Waals surface area (Å²) in [5, 5.41) is 3.18. The second kappa shape index (κ2) is 11.6. The lowest BCUT2D eigenvalue weighted by molar-refractivity contribution is -0.126. The van der Waals surface area contributed by atoms with Crippen LogP contribution in [0.3, 0.4) is 0 Å². The van der Waals surface area contributed by atoms with Crippen molar-refractivity contribution in [2.45, 2.75) is 44.2 Å². The predicted octanol–water partition coefficient (Wildman–Crippen LogP) is 5.49. The van der Waals surface area contributed by atoms with Crippen LogP contribution in [0.1, 0.15) is 43.7 Å². The minimum atomic E-state index is -0.920. The molecule has 1 N–H and O–H groups in total. The number of likely N-dealkylation sites (N-methyl/N-ethyl adjacent to an activating group) is 1. The summed E-state index contributed by atoms with van der Waals surface area (Å²) < 4.78 is 14.3. The van der Waals surface area contributed by atoms with Crippen LogP contribution in [0.4, 0.5) is 15.8 Å². The molecule has 4 rings (SSSR count). The first-order chi connectivity index (χ1) is 17.0. The summed E-state index contributed by atoms with van der Waals surface area (Å²) in [5.41, 5.74) is 1.91. The molecule has 0 saturated heterocycles. The maximum absolute atomic E-state index is 14.3. The number of benzene rings is 3. The van der Waals surface area contributed by atoms with E-state index in [-0.39, 0.29) is 24.4 Å². The van der Waals surface area contributed by atoms with Crippen molar-refractivity contribution in [3.8, 4) is 0 Å². The van der Waals surface area contributed by atoms with Crippen LogP contribution in [0.15, 0.2) is 84.9 Å². The maximum atomic E-state index is 14.3. The average Bonchev–Trinajstić information content (AvgIpc) is 2.88. The number of anilines is 2. The third-order valence-corrected chi connectivity index (χ3v) is 6.50. The van der Waals surface area contributed by atoms with Crippen LogP contribution in [0, 0.1) is 5.82 Å². The molecule has 0 bridgehead atoms. The van der Waals surface area contributed by atoms with E-state index in [2.05, 4.69) is 5.32 Å². The second-order valence-electron chi connectivity index (χ2n) is 9.09. The first-order valence-corrected chi connectivity index (χ1v) is 12.2. The number of nitrogens with one attached hydrogen (secondary N) is 1. The number of carbonyl (C=O) groups excluding carboxylic acids is 2. The predicted molar refractivity (Wildman–Crippen MR) is 138 cm³/mol. The Morgan fingerprint density at radius 2 is 1.51 bits per heavy atom. The lowest BCUT2D eigenvalue weighted by Gasteiger charge is -2.34. The van der Waals surface area contributed by atoms with E-state index in [0.717, 1.165) is 31.4 Å². The summed E-state index contributed by atoms with van der Waals surface area (Å²) in [6.07, 6.45) is 5.19. The maximum Gasteiger partial charge on any atom is 0.248 e. The zero-order valence-electron chi connectivity index (χ0n) is 20.1.